The minimum Gasteiger partial charge on any atom is -0.481 e. The third-order valence-electron chi connectivity index (χ3n) is 3.73. The van der Waals surface area contributed by atoms with Crippen molar-refractivity contribution in [3.63, 3.8) is 0 Å². The van der Waals surface area contributed by atoms with E-state index in [4.69, 9.17) is 9.84 Å². The van der Waals surface area contributed by atoms with Gasteiger partial charge in [-0.2, -0.15) is 5.10 Å². The van der Waals surface area contributed by atoms with Crippen molar-refractivity contribution in [2.24, 2.45) is 0 Å². The molecule has 1 saturated heterocycles. The summed E-state index contributed by atoms with van der Waals surface area (Å²) in [5, 5.41) is 15.9. The monoisotopic (exact) mass is 279 g/mol. The summed E-state index contributed by atoms with van der Waals surface area (Å²) in [7, 11) is 0. The normalized spacial score (nSPS) is 22.8. The molecule has 1 aliphatic carbocycles. The first-order chi connectivity index (χ1) is 9.65. The highest BCUT2D eigenvalue weighted by Gasteiger charge is 2.32. The van der Waals surface area contributed by atoms with Gasteiger partial charge in [-0.1, -0.05) is 0 Å². The van der Waals surface area contributed by atoms with Gasteiger partial charge in [-0.3, -0.25) is 14.7 Å². The van der Waals surface area contributed by atoms with Crippen LogP contribution in [0.1, 0.15) is 41.4 Å². The van der Waals surface area contributed by atoms with Crippen molar-refractivity contribution in [3.8, 4) is 0 Å². The van der Waals surface area contributed by atoms with Crippen LogP contribution in [0, 0.1) is 0 Å². The van der Waals surface area contributed by atoms with Crippen LogP contribution >= 0.6 is 0 Å². The molecule has 7 heteroatoms. The van der Waals surface area contributed by atoms with Crippen molar-refractivity contribution in [1.29, 1.82) is 0 Å². The van der Waals surface area contributed by atoms with Crippen LogP contribution in [-0.4, -0.2) is 57.9 Å². The van der Waals surface area contributed by atoms with E-state index in [1.807, 2.05) is 0 Å². The fraction of sp³-hybridized carbons (Fsp3) is 0.615. The highest BCUT2D eigenvalue weighted by atomic mass is 16.5. The molecule has 0 bridgehead atoms. The van der Waals surface area contributed by atoms with E-state index in [-0.39, 0.29) is 18.9 Å². The van der Waals surface area contributed by atoms with E-state index in [9.17, 15) is 9.59 Å². The van der Waals surface area contributed by atoms with Crippen LogP contribution in [0.3, 0.4) is 0 Å². The van der Waals surface area contributed by atoms with Crippen molar-refractivity contribution in [2.75, 3.05) is 19.8 Å². The Hall–Kier alpha value is -1.89. The number of H-pyrrole nitrogens is 1. The number of carboxylic acid groups (broad SMARTS) is 1. The average molecular weight is 279 g/mol. The predicted octanol–water partition coefficient (Wildman–Crippen LogP) is 0.603. The van der Waals surface area contributed by atoms with Gasteiger partial charge in [0.1, 0.15) is 5.69 Å². The average Bonchev–Trinajstić information content (AvgIpc) is 3.16. The Morgan fingerprint density at radius 2 is 2.30 bits per heavy atom. The first-order valence-corrected chi connectivity index (χ1v) is 6.81. The van der Waals surface area contributed by atoms with Gasteiger partial charge in [0.05, 0.1) is 25.7 Å². The minimum absolute atomic E-state index is 0.106. The molecular weight excluding hydrogens is 262 g/mol. The van der Waals surface area contributed by atoms with E-state index in [0.717, 1.165) is 18.5 Å². The Morgan fingerprint density at radius 1 is 1.50 bits per heavy atom. The quantitative estimate of drug-likeness (QED) is 0.841. The van der Waals surface area contributed by atoms with Gasteiger partial charge < -0.3 is 14.7 Å². The topological polar surface area (TPSA) is 95.5 Å². The number of aromatic amines is 1. The minimum atomic E-state index is -0.931. The number of carbonyl (C=O) groups is 2. The van der Waals surface area contributed by atoms with Crippen molar-refractivity contribution in [3.05, 3.63) is 17.5 Å². The Balaban J connectivity index is 1.73. The van der Waals surface area contributed by atoms with Crippen LogP contribution < -0.4 is 0 Å². The first-order valence-electron chi connectivity index (χ1n) is 6.81. The molecule has 0 radical (unpaired) electrons. The number of aromatic nitrogens is 2. The van der Waals surface area contributed by atoms with E-state index in [1.165, 1.54) is 0 Å². The van der Waals surface area contributed by atoms with Crippen molar-refractivity contribution in [2.45, 2.75) is 31.2 Å². The standard InChI is InChI=1S/C13H17N3O4/c17-12(18)5-9-7-20-4-3-16(9)13(19)11-6-10(14-15-11)8-1-2-8/h6,8-9H,1-5,7H2,(H,14,15)(H,17,18). The molecule has 3 rings (SSSR count). The molecule has 0 spiro atoms. The van der Waals surface area contributed by atoms with Gasteiger partial charge in [-0.05, 0) is 18.9 Å². The lowest BCUT2D eigenvalue weighted by Gasteiger charge is -2.34. The predicted molar refractivity (Wildman–Crippen MR) is 68.5 cm³/mol. The maximum Gasteiger partial charge on any atom is 0.305 e. The van der Waals surface area contributed by atoms with Gasteiger partial charge in [-0.15, -0.1) is 0 Å². The van der Waals surface area contributed by atoms with Gasteiger partial charge in [0.15, 0.2) is 0 Å². The molecule has 108 valence electrons. The Labute approximate surface area is 115 Å². The molecule has 1 aromatic heterocycles. The highest BCUT2D eigenvalue weighted by Crippen LogP contribution is 2.39. The molecule has 7 nitrogen and oxygen atoms in total. The second-order valence-electron chi connectivity index (χ2n) is 5.31. The second-order valence-corrected chi connectivity index (χ2v) is 5.31. The number of aliphatic carboxylic acids is 1. The third kappa shape index (κ3) is 2.67. The Bertz CT molecular complexity index is 523. The van der Waals surface area contributed by atoms with E-state index < -0.39 is 12.0 Å². The zero-order valence-electron chi connectivity index (χ0n) is 11.0. The summed E-state index contributed by atoms with van der Waals surface area (Å²) < 4.78 is 5.27. The summed E-state index contributed by atoms with van der Waals surface area (Å²) >= 11 is 0. The number of carbonyl (C=O) groups excluding carboxylic acids is 1. The molecule has 2 heterocycles. The molecule has 20 heavy (non-hydrogen) atoms. The van der Waals surface area contributed by atoms with E-state index in [1.54, 1.807) is 11.0 Å². The molecule has 0 aromatic carbocycles. The number of amides is 1. The number of rotatable bonds is 4. The van der Waals surface area contributed by atoms with Gasteiger partial charge in [0.2, 0.25) is 0 Å². The molecule has 1 unspecified atom stereocenters. The molecule has 1 saturated carbocycles. The van der Waals surface area contributed by atoms with Gasteiger partial charge in [0, 0.05) is 18.2 Å². The first kappa shape index (κ1) is 13.1. The van der Waals surface area contributed by atoms with E-state index >= 15 is 0 Å². The number of carboxylic acids is 1. The largest absolute Gasteiger partial charge is 0.481 e. The van der Waals surface area contributed by atoms with Crippen molar-refractivity contribution < 1.29 is 19.4 Å². The molecule has 1 amide bonds. The zero-order chi connectivity index (χ0) is 14.1. The number of hydrogen-bond acceptors (Lipinski definition) is 4. The summed E-state index contributed by atoms with van der Waals surface area (Å²) in [4.78, 5) is 24.9. The summed E-state index contributed by atoms with van der Waals surface area (Å²) in [6, 6.07) is 1.36. The molecule has 1 atom stereocenters. The molecular formula is C13H17N3O4. The highest BCUT2D eigenvalue weighted by molar-refractivity contribution is 5.93. The molecule has 2 N–H and O–H groups in total. The molecule has 2 fully saturated rings. The maximum absolute atomic E-state index is 12.4. The zero-order valence-corrected chi connectivity index (χ0v) is 11.0. The third-order valence-corrected chi connectivity index (χ3v) is 3.73. The van der Waals surface area contributed by atoms with E-state index in [2.05, 4.69) is 10.2 Å². The van der Waals surface area contributed by atoms with Crippen molar-refractivity contribution >= 4 is 11.9 Å². The van der Waals surface area contributed by atoms with E-state index in [0.29, 0.717) is 24.8 Å². The summed E-state index contributed by atoms with van der Waals surface area (Å²) in [6.07, 6.45) is 2.16. The lowest BCUT2D eigenvalue weighted by molar-refractivity contribution is -0.139. The Morgan fingerprint density at radius 3 is 3.00 bits per heavy atom. The number of morpholine rings is 1. The van der Waals surface area contributed by atoms with Crippen LogP contribution in [0.25, 0.3) is 0 Å². The fourth-order valence-corrected chi connectivity index (χ4v) is 2.49. The Kier molecular flexibility index (Phi) is 3.43. The SMILES string of the molecule is O=C(O)CC1COCCN1C(=O)c1cc(C2CC2)[nH]n1. The summed E-state index contributed by atoms with van der Waals surface area (Å²) in [5.74, 6) is -0.648. The van der Waals surface area contributed by atoms with Gasteiger partial charge >= 0.3 is 5.97 Å². The second kappa shape index (κ2) is 5.24. The number of hydrogen-bond donors (Lipinski definition) is 2. The molecule has 1 aliphatic heterocycles. The lowest BCUT2D eigenvalue weighted by Crippen LogP contribution is -2.49. The maximum atomic E-state index is 12.4. The number of ether oxygens (including phenoxy) is 1. The van der Waals surface area contributed by atoms with Gasteiger partial charge in [0.25, 0.3) is 5.91 Å². The summed E-state index contributed by atoms with van der Waals surface area (Å²) in [5.41, 5.74) is 1.36. The van der Waals surface area contributed by atoms with Crippen LogP contribution in [0.2, 0.25) is 0 Å². The van der Waals surface area contributed by atoms with Crippen molar-refractivity contribution in [1.82, 2.24) is 15.1 Å². The molecule has 1 aromatic rings. The van der Waals surface area contributed by atoms with Crippen LogP contribution in [0.5, 0.6) is 0 Å². The van der Waals surface area contributed by atoms with Crippen LogP contribution in [0.4, 0.5) is 0 Å². The smallest absolute Gasteiger partial charge is 0.305 e. The van der Waals surface area contributed by atoms with Gasteiger partial charge in [-0.25, -0.2) is 0 Å². The number of nitrogens with one attached hydrogen (secondary N) is 1. The lowest BCUT2D eigenvalue weighted by atomic mass is 10.1. The summed E-state index contributed by atoms with van der Waals surface area (Å²) in [6.45, 7) is 1.10. The molecule has 2 aliphatic rings. The fourth-order valence-electron chi connectivity index (χ4n) is 2.49. The van der Waals surface area contributed by atoms with Crippen LogP contribution in [0.15, 0.2) is 6.07 Å². The van der Waals surface area contributed by atoms with Crippen LogP contribution in [-0.2, 0) is 9.53 Å². The number of nitrogens with zero attached hydrogens (tertiary/aromatic N) is 2.